The van der Waals surface area contributed by atoms with Gasteiger partial charge in [0.25, 0.3) is 5.91 Å². The summed E-state index contributed by atoms with van der Waals surface area (Å²) in [4.78, 5) is 12.0. The molecule has 1 atom stereocenters. The Balaban J connectivity index is 2.06. The molecule has 98 valence electrons. The van der Waals surface area contributed by atoms with Crippen molar-refractivity contribution in [3.63, 3.8) is 0 Å². The minimum atomic E-state index is -0.124. The van der Waals surface area contributed by atoms with E-state index < -0.39 is 0 Å². The molecule has 19 heavy (non-hydrogen) atoms. The number of rotatable bonds is 3. The Kier molecular flexibility index (Phi) is 4.07. The van der Waals surface area contributed by atoms with Gasteiger partial charge in [-0.05, 0) is 48.9 Å². The lowest BCUT2D eigenvalue weighted by atomic mass is 10.1. The topological polar surface area (TPSA) is 55.1 Å². The van der Waals surface area contributed by atoms with Crippen LogP contribution in [0.15, 0.2) is 48.5 Å². The fourth-order valence-electron chi connectivity index (χ4n) is 1.75. The fourth-order valence-corrected chi connectivity index (χ4v) is 1.88. The third kappa shape index (κ3) is 3.48. The van der Waals surface area contributed by atoms with Gasteiger partial charge in [0.1, 0.15) is 0 Å². The molecule has 0 bridgehead atoms. The molecule has 0 aliphatic rings. The van der Waals surface area contributed by atoms with E-state index in [9.17, 15) is 4.79 Å². The highest BCUT2D eigenvalue weighted by molar-refractivity contribution is 6.30. The molecule has 0 aliphatic carbocycles. The molecule has 2 aromatic rings. The number of nitrogen functional groups attached to an aromatic ring is 1. The van der Waals surface area contributed by atoms with Crippen LogP contribution in [0.1, 0.15) is 28.9 Å². The molecular weight excluding hydrogens is 260 g/mol. The van der Waals surface area contributed by atoms with Gasteiger partial charge < -0.3 is 11.1 Å². The van der Waals surface area contributed by atoms with Gasteiger partial charge in [0.05, 0.1) is 6.04 Å². The highest BCUT2D eigenvalue weighted by Crippen LogP contribution is 2.15. The SMILES string of the molecule is CC(NC(=O)c1ccc(Cl)cc1)c1ccc(N)cc1. The molecule has 1 unspecified atom stereocenters. The fraction of sp³-hybridized carbons (Fsp3) is 0.133. The maximum Gasteiger partial charge on any atom is 0.251 e. The quantitative estimate of drug-likeness (QED) is 0.843. The second-order valence-corrected chi connectivity index (χ2v) is 4.81. The van der Waals surface area contributed by atoms with Crippen LogP contribution in [0.5, 0.6) is 0 Å². The molecule has 0 radical (unpaired) electrons. The van der Waals surface area contributed by atoms with Gasteiger partial charge in [0, 0.05) is 16.3 Å². The summed E-state index contributed by atoms with van der Waals surface area (Å²) < 4.78 is 0. The number of carbonyl (C=O) groups is 1. The first-order valence-electron chi connectivity index (χ1n) is 5.98. The molecular formula is C15H15ClN2O. The number of hydrogen-bond acceptors (Lipinski definition) is 2. The van der Waals surface area contributed by atoms with Crippen LogP contribution in [0.4, 0.5) is 5.69 Å². The first-order chi connectivity index (χ1) is 9.06. The first-order valence-corrected chi connectivity index (χ1v) is 6.36. The number of benzene rings is 2. The number of hydrogen-bond donors (Lipinski definition) is 2. The zero-order valence-electron chi connectivity index (χ0n) is 10.6. The third-order valence-electron chi connectivity index (χ3n) is 2.89. The van der Waals surface area contributed by atoms with Crippen LogP contribution in [-0.4, -0.2) is 5.91 Å². The van der Waals surface area contributed by atoms with E-state index in [0.717, 1.165) is 5.56 Å². The Bertz CT molecular complexity index is 564. The van der Waals surface area contributed by atoms with Crippen molar-refractivity contribution < 1.29 is 4.79 Å². The molecule has 0 heterocycles. The van der Waals surface area contributed by atoms with Crippen molar-refractivity contribution >= 4 is 23.2 Å². The molecule has 4 heteroatoms. The van der Waals surface area contributed by atoms with Crippen molar-refractivity contribution in [2.75, 3.05) is 5.73 Å². The van der Waals surface area contributed by atoms with Gasteiger partial charge in [-0.3, -0.25) is 4.79 Å². The molecule has 2 aromatic carbocycles. The summed E-state index contributed by atoms with van der Waals surface area (Å²) in [7, 11) is 0. The molecule has 3 N–H and O–H groups in total. The Morgan fingerprint density at radius 2 is 1.68 bits per heavy atom. The van der Waals surface area contributed by atoms with E-state index in [1.807, 2.05) is 31.2 Å². The van der Waals surface area contributed by atoms with Crippen LogP contribution in [0.25, 0.3) is 0 Å². The molecule has 0 saturated heterocycles. The van der Waals surface area contributed by atoms with E-state index in [0.29, 0.717) is 16.3 Å². The minimum absolute atomic E-state index is 0.0798. The van der Waals surface area contributed by atoms with Gasteiger partial charge in [-0.25, -0.2) is 0 Å². The van der Waals surface area contributed by atoms with Gasteiger partial charge >= 0.3 is 0 Å². The number of nitrogens with two attached hydrogens (primary N) is 1. The van der Waals surface area contributed by atoms with E-state index in [4.69, 9.17) is 17.3 Å². The number of halogens is 1. The second kappa shape index (κ2) is 5.76. The molecule has 0 spiro atoms. The van der Waals surface area contributed by atoms with Crippen LogP contribution < -0.4 is 11.1 Å². The van der Waals surface area contributed by atoms with Crippen LogP contribution >= 0.6 is 11.6 Å². The maximum absolute atomic E-state index is 12.0. The maximum atomic E-state index is 12.0. The number of amides is 1. The summed E-state index contributed by atoms with van der Waals surface area (Å²) in [6.45, 7) is 1.93. The standard InChI is InChI=1S/C15H15ClN2O/c1-10(11-4-8-14(17)9-5-11)18-15(19)12-2-6-13(16)7-3-12/h2-10H,17H2,1H3,(H,18,19). The molecule has 0 aliphatic heterocycles. The largest absolute Gasteiger partial charge is 0.399 e. The summed E-state index contributed by atoms with van der Waals surface area (Å²) >= 11 is 5.79. The lowest BCUT2D eigenvalue weighted by Crippen LogP contribution is -2.26. The Morgan fingerprint density at radius 3 is 2.26 bits per heavy atom. The van der Waals surface area contributed by atoms with Gasteiger partial charge in [-0.15, -0.1) is 0 Å². The summed E-state index contributed by atoms with van der Waals surface area (Å²) in [6, 6.07) is 14.2. The van der Waals surface area contributed by atoms with Crippen molar-refractivity contribution in [1.82, 2.24) is 5.32 Å². The minimum Gasteiger partial charge on any atom is -0.399 e. The smallest absolute Gasteiger partial charge is 0.251 e. The van der Waals surface area contributed by atoms with E-state index in [2.05, 4.69) is 5.32 Å². The van der Waals surface area contributed by atoms with E-state index in [-0.39, 0.29) is 11.9 Å². The van der Waals surface area contributed by atoms with Crippen LogP contribution in [0.3, 0.4) is 0 Å². The summed E-state index contributed by atoms with van der Waals surface area (Å²) in [5, 5.41) is 3.54. The predicted molar refractivity (Wildman–Crippen MR) is 78.2 cm³/mol. The van der Waals surface area contributed by atoms with E-state index in [1.165, 1.54) is 0 Å². The summed E-state index contributed by atoms with van der Waals surface area (Å²) in [5.41, 5.74) is 7.94. The summed E-state index contributed by atoms with van der Waals surface area (Å²) in [5.74, 6) is -0.124. The monoisotopic (exact) mass is 274 g/mol. The Morgan fingerprint density at radius 1 is 1.11 bits per heavy atom. The van der Waals surface area contributed by atoms with Crippen LogP contribution in [-0.2, 0) is 0 Å². The molecule has 0 fully saturated rings. The molecule has 2 rings (SSSR count). The van der Waals surface area contributed by atoms with Crippen molar-refractivity contribution in [2.45, 2.75) is 13.0 Å². The Labute approximate surface area is 117 Å². The number of carbonyl (C=O) groups excluding carboxylic acids is 1. The molecule has 3 nitrogen and oxygen atoms in total. The number of nitrogens with one attached hydrogen (secondary N) is 1. The molecule has 1 amide bonds. The average molecular weight is 275 g/mol. The lowest BCUT2D eigenvalue weighted by Gasteiger charge is -2.14. The van der Waals surface area contributed by atoms with E-state index >= 15 is 0 Å². The predicted octanol–water partition coefficient (Wildman–Crippen LogP) is 3.41. The van der Waals surface area contributed by atoms with Crippen LogP contribution in [0, 0.1) is 0 Å². The normalized spacial score (nSPS) is 11.9. The molecule has 0 saturated carbocycles. The molecule has 0 aromatic heterocycles. The van der Waals surface area contributed by atoms with Crippen molar-refractivity contribution in [3.8, 4) is 0 Å². The second-order valence-electron chi connectivity index (χ2n) is 4.37. The van der Waals surface area contributed by atoms with E-state index in [1.54, 1.807) is 24.3 Å². The lowest BCUT2D eigenvalue weighted by molar-refractivity contribution is 0.0940. The Hall–Kier alpha value is -2.00. The third-order valence-corrected chi connectivity index (χ3v) is 3.14. The van der Waals surface area contributed by atoms with Gasteiger partial charge in [-0.2, -0.15) is 0 Å². The van der Waals surface area contributed by atoms with Gasteiger partial charge in [-0.1, -0.05) is 23.7 Å². The van der Waals surface area contributed by atoms with Crippen molar-refractivity contribution in [1.29, 1.82) is 0 Å². The number of anilines is 1. The highest BCUT2D eigenvalue weighted by atomic mass is 35.5. The van der Waals surface area contributed by atoms with Crippen molar-refractivity contribution in [3.05, 3.63) is 64.7 Å². The van der Waals surface area contributed by atoms with Crippen LogP contribution in [0.2, 0.25) is 5.02 Å². The van der Waals surface area contributed by atoms with Gasteiger partial charge in [0.2, 0.25) is 0 Å². The summed E-state index contributed by atoms with van der Waals surface area (Å²) in [6.07, 6.45) is 0. The highest BCUT2D eigenvalue weighted by Gasteiger charge is 2.11. The first kappa shape index (κ1) is 13.4. The van der Waals surface area contributed by atoms with Gasteiger partial charge in [0.15, 0.2) is 0 Å². The average Bonchev–Trinajstić information content (AvgIpc) is 2.40. The zero-order chi connectivity index (χ0) is 13.8. The zero-order valence-corrected chi connectivity index (χ0v) is 11.3. The van der Waals surface area contributed by atoms with Crippen molar-refractivity contribution in [2.24, 2.45) is 0 Å².